The maximum Gasteiger partial charge on any atom is 0.293 e. The van der Waals surface area contributed by atoms with Crippen LogP contribution in [-0.2, 0) is 0 Å². The summed E-state index contributed by atoms with van der Waals surface area (Å²) in [6.45, 7) is 8.21. The Hall–Kier alpha value is -2.94. The third-order valence-corrected chi connectivity index (χ3v) is 6.60. The first-order chi connectivity index (χ1) is 14.9. The van der Waals surface area contributed by atoms with Gasteiger partial charge in [-0.05, 0) is 46.5 Å². The molecule has 0 radical (unpaired) electrons. The third kappa shape index (κ3) is 3.46. The van der Waals surface area contributed by atoms with E-state index in [1.807, 2.05) is 35.5 Å². The normalized spacial score (nSPS) is 21.9. The lowest BCUT2D eigenvalue weighted by atomic mass is 9.98. The van der Waals surface area contributed by atoms with Crippen LogP contribution in [0.5, 0.6) is 0 Å². The second kappa shape index (κ2) is 7.64. The Balaban J connectivity index is 1.48. The average molecular weight is 424 g/mol. The van der Waals surface area contributed by atoms with Crippen LogP contribution in [0.3, 0.4) is 0 Å². The summed E-state index contributed by atoms with van der Waals surface area (Å²) in [6.07, 6.45) is 5.90. The Labute approximate surface area is 181 Å². The Kier molecular flexibility index (Phi) is 4.92. The summed E-state index contributed by atoms with van der Waals surface area (Å²) in [5.41, 5.74) is 10.4. The van der Waals surface area contributed by atoms with Crippen LogP contribution in [-0.4, -0.2) is 56.2 Å². The van der Waals surface area contributed by atoms with E-state index in [2.05, 4.69) is 17.0 Å². The first-order valence-corrected chi connectivity index (χ1v) is 11.0. The number of likely N-dealkylation sites (tertiary alicyclic amines) is 1. The molecule has 2 aliphatic rings. The largest absolute Gasteiger partial charge is 0.355 e. The molecule has 0 saturated carbocycles. The Morgan fingerprint density at radius 3 is 2.74 bits per heavy atom. The number of piperidine rings is 1. The molecule has 5 heterocycles. The van der Waals surface area contributed by atoms with E-state index >= 15 is 0 Å². The predicted molar refractivity (Wildman–Crippen MR) is 116 cm³/mol. The summed E-state index contributed by atoms with van der Waals surface area (Å²) >= 11 is 0. The van der Waals surface area contributed by atoms with E-state index in [4.69, 9.17) is 20.3 Å². The molecule has 5 rings (SSSR count). The lowest BCUT2D eigenvalue weighted by Crippen LogP contribution is -2.38. The highest BCUT2D eigenvalue weighted by Crippen LogP contribution is 2.33. The molecule has 164 valence electrons. The van der Waals surface area contributed by atoms with E-state index in [0.717, 1.165) is 72.8 Å². The number of amides is 1. The van der Waals surface area contributed by atoms with Crippen LogP contribution in [0.1, 0.15) is 64.8 Å². The van der Waals surface area contributed by atoms with E-state index in [-0.39, 0.29) is 18.0 Å². The molecule has 9 heteroatoms. The second-order valence-electron chi connectivity index (χ2n) is 8.85. The Bertz CT molecular complexity index is 1130. The van der Waals surface area contributed by atoms with Gasteiger partial charge in [0.2, 0.25) is 5.76 Å². The van der Waals surface area contributed by atoms with Crippen LogP contribution in [0.4, 0.5) is 5.82 Å². The van der Waals surface area contributed by atoms with Gasteiger partial charge in [-0.25, -0.2) is 9.50 Å². The number of carbonyl (C=O) groups excluding carboxylic acids is 1. The van der Waals surface area contributed by atoms with E-state index in [1.54, 1.807) is 0 Å². The highest BCUT2D eigenvalue weighted by atomic mass is 16.5. The Morgan fingerprint density at radius 2 is 2.03 bits per heavy atom. The van der Waals surface area contributed by atoms with Crippen molar-refractivity contribution in [1.29, 1.82) is 0 Å². The second-order valence-corrected chi connectivity index (χ2v) is 8.85. The topological polar surface area (TPSA) is 106 Å². The quantitative estimate of drug-likeness (QED) is 0.690. The van der Waals surface area contributed by atoms with Gasteiger partial charge in [-0.1, -0.05) is 5.16 Å². The standard InChI is InChI=1S/C22H29N7O2/c1-13-11-29-19(24-21(13)27-9-7-16(23)12-27)10-17(25-29)18-6-4-5-8-28(18)22(30)20-14(2)15(3)26-31-20/h10-11,16,18H,4-9,12,23H2,1-3H3. The molecule has 1 amide bonds. The lowest BCUT2D eigenvalue weighted by molar-refractivity contribution is 0.0562. The molecule has 2 saturated heterocycles. The predicted octanol–water partition coefficient (Wildman–Crippen LogP) is 2.55. The molecule has 3 aromatic heterocycles. The zero-order valence-electron chi connectivity index (χ0n) is 18.3. The number of fused-ring (bicyclic) bond motifs is 1. The Morgan fingerprint density at radius 1 is 1.19 bits per heavy atom. The number of hydrogen-bond acceptors (Lipinski definition) is 7. The summed E-state index contributed by atoms with van der Waals surface area (Å²) in [6, 6.07) is 2.10. The van der Waals surface area contributed by atoms with Gasteiger partial charge in [-0.15, -0.1) is 0 Å². The van der Waals surface area contributed by atoms with E-state index in [1.165, 1.54) is 0 Å². The van der Waals surface area contributed by atoms with E-state index < -0.39 is 0 Å². The summed E-state index contributed by atoms with van der Waals surface area (Å²) in [4.78, 5) is 22.3. The maximum atomic E-state index is 13.3. The van der Waals surface area contributed by atoms with Gasteiger partial charge in [0.1, 0.15) is 5.82 Å². The summed E-state index contributed by atoms with van der Waals surface area (Å²) in [5.74, 6) is 1.18. The molecule has 2 aliphatic heterocycles. The van der Waals surface area contributed by atoms with Gasteiger partial charge >= 0.3 is 0 Å². The molecular formula is C22H29N7O2. The van der Waals surface area contributed by atoms with Crippen LogP contribution in [0.2, 0.25) is 0 Å². The number of carbonyl (C=O) groups is 1. The zero-order valence-corrected chi connectivity index (χ0v) is 18.3. The van der Waals surface area contributed by atoms with Crippen LogP contribution >= 0.6 is 0 Å². The van der Waals surface area contributed by atoms with Gasteiger partial charge in [0.25, 0.3) is 5.91 Å². The molecular weight excluding hydrogens is 394 g/mol. The minimum absolute atomic E-state index is 0.100. The minimum Gasteiger partial charge on any atom is -0.355 e. The van der Waals surface area contributed by atoms with Crippen molar-refractivity contribution in [3.8, 4) is 0 Å². The van der Waals surface area contributed by atoms with Gasteiger partial charge in [0, 0.05) is 49.1 Å². The molecule has 0 aliphatic carbocycles. The van der Waals surface area contributed by atoms with E-state index in [9.17, 15) is 4.79 Å². The highest BCUT2D eigenvalue weighted by Gasteiger charge is 2.33. The zero-order chi connectivity index (χ0) is 21.7. The van der Waals surface area contributed by atoms with Crippen molar-refractivity contribution in [3.63, 3.8) is 0 Å². The molecule has 2 N–H and O–H groups in total. The summed E-state index contributed by atoms with van der Waals surface area (Å²) in [5, 5.41) is 8.77. The van der Waals surface area contributed by atoms with Gasteiger partial charge in [-0.2, -0.15) is 5.10 Å². The first kappa shape index (κ1) is 20.0. The fourth-order valence-electron chi connectivity index (χ4n) is 4.71. The van der Waals surface area contributed by atoms with Crippen molar-refractivity contribution in [3.05, 3.63) is 40.5 Å². The fourth-order valence-corrected chi connectivity index (χ4v) is 4.71. The first-order valence-electron chi connectivity index (χ1n) is 11.0. The van der Waals surface area contributed by atoms with Crippen molar-refractivity contribution < 1.29 is 9.32 Å². The number of hydrogen-bond donors (Lipinski definition) is 1. The van der Waals surface area contributed by atoms with Crippen LogP contribution < -0.4 is 10.6 Å². The summed E-state index contributed by atoms with van der Waals surface area (Å²) < 4.78 is 7.18. The number of aromatic nitrogens is 4. The van der Waals surface area contributed by atoms with Crippen LogP contribution in [0, 0.1) is 20.8 Å². The molecule has 31 heavy (non-hydrogen) atoms. The van der Waals surface area contributed by atoms with Crippen molar-refractivity contribution >= 4 is 17.4 Å². The maximum absolute atomic E-state index is 13.3. The van der Waals surface area contributed by atoms with E-state index in [0.29, 0.717) is 12.3 Å². The molecule has 2 fully saturated rings. The fraction of sp³-hybridized carbons (Fsp3) is 0.545. The molecule has 2 unspecified atom stereocenters. The number of nitrogens with two attached hydrogens (primary N) is 1. The molecule has 0 bridgehead atoms. The number of anilines is 1. The van der Waals surface area contributed by atoms with Gasteiger partial charge in [-0.3, -0.25) is 4.79 Å². The molecule has 0 spiro atoms. The lowest BCUT2D eigenvalue weighted by Gasteiger charge is -2.34. The smallest absolute Gasteiger partial charge is 0.293 e. The number of aryl methyl sites for hydroxylation is 2. The molecule has 2 atom stereocenters. The number of nitrogens with zero attached hydrogens (tertiary/aromatic N) is 6. The SMILES string of the molecule is Cc1cn2nc(C3CCCCN3C(=O)c3onc(C)c3C)cc2nc1N1CCC(N)C1. The van der Waals surface area contributed by atoms with Crippen LogP contribution in [0.25, 0.3) is 5.65 Å². The highest BCUT2D eigenvalue weighted by molar-refractivity contribution is 5.93. The monoisotopic (exact) mass is 423 g/mol. The van der Waals surface area contributed by atoms with Crippen molar-refractivity contribution in [2.75, 3.05) is 24.5 Å². The average Bonchev–Trinajstić information content (AvgIpc) is 3.46. The molecule has 9 nitrogen and oxygen atoms in total. The van der Waals surface area contributed by atoms with Crippen molar-refractivity contribution in [2.45, 2.75) is 58.5 Å². The van der Waals surface area contributed by atoms with Gasteiger partial charge in [0.05, 0.1) is 17.4 Å². The number of rotatable bonds is 3. The van der Waals surface area contributed by atoms with Gasteiger partial charge < -0.3 is 20.1 Å². The summed E-state index contributed by atoms with van der Waals surface area (Å²) in [7, 11) is 0. The van der Waals surface area contributed by atoms with Crippen molar-refractivity contribution in [2.24, 2.45) is 5.73 Å². The van der Waals surface area contributed by atoms with Crippen LogP contribution in [0.15, 0.2) is 16.8 Å². The minimum atomic E-state index is -0.115. The third-order valence-electron chi connectivity index (χ3n) is 6.60. The van der Waals surface area contributed by atoms with Gasteiger partial charge in [0.15, 0.2) is 5.65 Å². The molecule has 3 aromatic rings. The van der Waals surface area contributed by atoms with Crippen molar-refractivity contribution in [1.82, 2.24) is 24.7 Å². The molecule has 0 aromatic carbocycles.